The smallest absolute Gasteiger partial charge is 0.262 e. The first-order valence-corrected chi connectivity index (χ1v) is 13.2. The van der Waals surface area contributed by atoms with Gasteiger partial charge < -0.3 is 14.8 Å². The monoisotopic (exact) mass is 517 g/mol. The Kier molecular flexibility index (Phi) is 7.38. The normalized spacial score (nSPS) is 15.8. The third-order valence-electron chi connectivity index (χ3n) is 7.13. The predicted octanol–water partition coefficient (Wildman–Crippen LogP) is 6.30. The van der Waals surface area contributed by atoms with Crippen LogP contribution in [0.4, 0.5) is 0 Å². The van der Waals surface area contributed by atoms with E-state index in [1.165, 1.54) is 6.42 Å². The van der Waals surface area contributed by atoms with Crippen molar-refractivity contribution in [1.29, 1.82) is 0 Å². The lowest BCUT2D eigenvalue weighted by Gasteiger charge is -2.33. The molecule has 1 saturated carbocycles. The van der Waals surface area contributed by atoms with Gasteiger partial charge in [0.15, 0.2) is 0 Å². The second-order valence-electron chi connectivity index (χ2n) is 9.56. The third-order valence-corrected chi connectivity index (χ3v) is 7.61. The van der Waals surface area contributed by atoms with Crippen LogP contribution < -0.4 is 14.8 Å². The number of aromatic nitrogens is 2. The van der Waals surface area contributed by atoms with E-state index in [0.29, 0.717) is 23.7 Å². The van der Waals surface area contributed by atoms with Crippen LogP contribution in [0.2, 0.25) is 0 Å². The summed E-state index contributed by atoms with van der Waals surface area (Å²) < 4.78 is 13.0. The molecule has 1 aliphatic rings. The summed E-state index contributed by atoms with van der Waals surface area (Å²) in [6.45, 7) is 0. The van der Waals surface area contributed by atoms with Crippen molar-refractivity contribution in [3.05, 3.63) is 78.4 Å². The van der Waals surface area contributed by atoms with Gasteiger partial charge in [-0.1, -0.05) is 73.3 Å². The lowest BCUT2D eigenvalue weighted by atomic mass is 9.94. The fraction of sp³-hybridized carbons (Fsp3) is 0.333. The van der Waals surface area contributed by atoms with Crippen molar-refractivity contribution >= 4 is 28.5 Å². The number of methoxy groups -OCH3 is 2. The number of halogens is 1. The lowest BCUT2D eigenvalue weighted by molar-refractivity contribution is -0.127. The molecule has 0 saturated heterocycles. The summed E-state index contributed by atoms with van der Waals surface area (Å²) >= 11 is 7.54. The van der Waals surface area contributed by atoms with Gasteiger partial charge in [0.25, 0.3) is 5.91 Å². The Morgan fingerprint density at radius 1 is 1.00 bits per heavy atom. The van der Waals surface area contributed by atoms with E-state index >= 15 is 0 Å². The topological polar surface area (TPSA) is 65.4 Å². The zero-order valence-corrected chi connectivity index (χ0v) is 22.0. The number of ether oxygens (including phenoxy) is 2. The number of nitrogens with zero attached hydrogens (tertiary/aromatic N) is 2. The van der Waals surface area contributed by atoms with Crippen LogP contribution in [0.1, 0.15) is 37.7 Å². The van der Waals surface area contributed by atoms with Crippen LogP contribution in [0.25, 0.3) is 22.4 Å². The Balaban J connectivity index is 1.70. The summed E-state index contributed by atoms with van der Waals surface area (Å²) in [6, 6.07) is 23.3. The fourth-order valence-corrected chi connectivity index (χ4v) is 5.60. The zero-order valence-electron chi connectivity index (χ0n) is 21.2. The number of alkyl halides is 1. The summed E-state index contributed by atoms with van der Waals surface area (Å²) in [4.78, 5) is 17.7. The van der Waals surface area contributed by atoms with Gasteiger partial charge in [-0.2, -0.15) is 0 Å². The third kappa shape index (κ3) is 5.03. The van der Waals surface area contributed by atoms with Crippen LogP contribution in [0.5, 0.6) is 11.5 Å². The van der Waals surface area contributed by atoms with Gasteiger partial charge in [-0.25, -0.2) is 4.98 Å². The largest absolute Gasteiger partial charge is 0.497 e. The molecule has 0 aliphatic heterocycles. The summed E-state index contributed by atoms with van der Waals surface area (Å²) in [5, 5.41) is 3.29. The first-order valence-electron chi connectivity index (χ1n) is 12.8. The molecule has 1 amide bonds. The highest BCUT2D eigenvalue weighted by molar-refractivity contribution is 6.33. The quantitative estimate of drug-likeness (QED) is 0.278. The van der Waals surface area contributed by atoms with E-state index in [1.54, 1.807) is 14.2 Å². The van der Waals surface area contributed by atoms with Crippen LogP contribution in [0.3, 0.4) is 0 Å². The first-order chi connectivity index (χ1) is 18.0. The minimum absolute atomic E-state index is 0.115. The average Bonchev–Trinajstić information content (AvgIpc) is 3.33. The molecule has 3 aromatic carbocycles. The molecule has 0 bridgehead atoms. The Morgan fingerprint density at radius 2 is 1.73 bits per heavy atom. The molecule has 0 radical (unpaired) electrons. The molecule has 1 unspecified atom stereocenters. The van der Waals surface area contributed by atoms with Gasteiger partial charge in [0.1, 0.15) is 17.3 Å². The van der Waals surface area contributed by atoms with Crippen LogP contribution in [0, 0.1) is 0 Å². The highest BCUT2D eigenvalue weighted by atomic mass is 35.5. The molecule has 0 spiro atoms. The molecule has 37 heavy (non-hydrogen) atoms. The molecule has 7 heteroatoms. The second kappa shape index (κ2) is 10.9. The van der Waals surface area contributed by atoms with Gasteiger partial charge >= 0.3 is 0 Å². The summed E-state index contributed by atoms with van der Waals surface area (Å²) in [7, 11) is 3.22. The van der Waals surface area contributed by atoms with Crippen molar-refractivity contribution in [3.8, 4) is 22.9 Å². The Labute approximate surface area is 222 Å². The molecular formula is C30H32ClN3O3. The van der Waals surface area contributed by atoms with E-state index < -0.39 is 5.00 Å². The number of fused-ring (bicyclic) bond motifs is 1. The predicted molar refractivity (Wildman–Crippen MR) is 147 cm³/mol. The minimum atomic E-state index is -1.46. The van der Waals surface area contributed by atoms with Gasteiger partial charge in [0.2, 0.25) is 5.00 Å². The minimum Gasteiger partial charge on any atom is -0.497 e. The Morgan fingerprint density at radius 3 is 2.46 bits per heavy atom. The Bertz CT molecular complexity index is 1380. The van der Waals surface area contributed by atoms with Gasteiger partial charge in [0, 0.05) is 18.5 Å². The van der Waals surface area contributed by atoms with Gasteiger partial charge in [-0.15, -0.1) is 0 Å². The van der Waals surface area contributed by atoms with E-state index in [0.717, 1.165) is 47.8 Å². The maximum absolute atomic E-state index is 14.2. The molecule has 6 nitrogen and oxygen atoms in total. The number of para-hydroxylation sites is 2. The SMILES string of the molecule is COc1ccc(-c2nc3ccccc3n2C(Cl)(Cc2ccccc2)C(=O)NC2CCCCC2)c(OC)c1. The number of rotatable bonds is 8. The van der Waals surface area contributed by atoms with E-state index in [-0.39, 0.29) is 11.9 Å². The molecular weight excluding hydrogens is 486 g/mol. The average molecular weight is 518 g/mol. The molecule has 4 aromatic rings. The van der Waals surface area contributed by atoms with Crippen molar-refractivity contribution in [2.45, 2.75) is 49.6 Å². The highest BCUT2D eigenvalue weighted by Crippen LogP contribution is 2.41. The number of hydrogen-bond acceptors (Lipinski definition) is 4. The molecule has 192 valence electrons. The number of hydrogen-bond donors (Lipinski definition) is 1. The van der Waals surface area contributed by atoms with Crippen LogP contribution in [-0.4, -0.2) is 35.7 Å². The van der Waals surface area contributed by atoms with Gasteiger partial charge in [-0.05, 0) is 42.7 Å². The van der Waals surface area contributed by atoms with Crippen molar-refractivity contribution in [3.63, 3.8) is 0 Å². The van der Waals surface area contributed by atoms with Gasteiger partial charge in [0.05, 0.1) is 30.8 Å². The summed E-state index contributed by atoms with van der Waals surface area (Å²) in [5.41, 5.74) is 3.21. The number of carbonyl (C=O) groups excluding carboxylic acids is 1. The fourth-order valence-electron chi connectivity index (χ4n) is 5.22. The van der Waals surface area contributed by atoms with E-state index in [2.05, 4.69) is 5.32 Å². The maximum atomic E-state index is 14.2. The molecule has 1 N–H and O–H groups in total. The molecule has 5 rings (SSSR count). The number of benzene rings is 3. The van der Waals surface area contributed by atoms with Crippen LogP contribution in [0.15, 0.2) is 72.8 Å². The van der Waals surface area contributed by atoms with E-state index in [4.69, 9.17) is 26.1 Å². The number of imidazole rings is 1. The summed E-state index contributed by atoms with van der Waals surface area (Å²) in [6.07, 6.45) is 5.65. The molecule has 1 heterocycles. The van der Waals surface area contributed by atoms with Gasteiger partial charge in [-0.3, -0.25) is 9.36 Å². The maximum Gasteiger partial charge on any atom is 0.262 e. The number of amides is 1. The van der Waals surface area contributed by atoms with Crippen molar-refractivity contribution < 1.29 is 14.3 Å². The lowest BCUT2D eigenvalue weighted by Crippen LogP contribution is -2.50. The molecule has 1 fully saturated rings. The van der Waals surface area contributed by atoms with E-state index in [9.17, 15) is 4.79 Å². The van der Waals surface area contributed by atoms with Crippen molar-refractivity contribution in [2.75, 3.05) is 14.2 Å². The van der Waals surface area contributed by atoms with Crippen LogP contribution >= 0.6 is 11.6 Å². The standard InChI is InChI=1S/C30H32ClN3O3/c1-36-23-17-18-24(27(19-23)37-2)28-33-25-15-9-10-16-26(25)34(28)30(31,20-21-11-5-3-6-12-21)29(35)32-22-13-7-4-8-14-22/h3,5-6,9-12,15-19,22H,4,7-8,13-14,20H2,1-2H3,(H,32,35). The molecule has 1 aromatic heterocycles. The summed E-state index contributed by atoms with van der Waals surface area (Å²) in [5.74, 6) is 1.59. The Hall–Kier alpha value is -3.51. The molecule has 1 atom stereocenters. The van der Waals surface area contributed by atoms with E-state index in [1.807, 2.05) is 77.4 Å². The zero-order chi connectivity index (χ0) is 25.8. The second-order valence-corrected chi connectivity index (χ2v) is 10.2. The number of carbonyl (C=O) groups is 1. The number of nitrogens with one attached hydrogen (secondary N) is 1. The first kappa shape index (κ1) is 25.2. The van der Waals surface area contributed by atoms with Crippen molar-refractivity contribution in [2.24, 2.45) is 0 Å². The highest BCUT2D eigenvalue weighted by Gasteiger charge is 2.43. The molecule has 1 aliphatic carbocycles. The van der Waals surface area contributed by atoms with Crippen LogP contribution in [-0.2, 0) is 16.2 Å². The van der Waals surface area contributed by atoms with Crippen molar-refractivity contribution in [1.82, 2.24) is 14.9 Å².